The highest BCUT2D eigenvalue weighted by Crippen LogP contribution is 2.11. The molecule has 0 aromatic carbocycles. The first kappa shape index (κ1) is 12.3. The van der Waals surface area contributed by atoms with Crippen LogP contribution in [-0.4, -0.2) is 26.8 Å². The maximum Gasteiger partial charge on any atom is 0.349 e. The van der Waals surface area contributed by atoms with Gasteiger partial charge in [-0.25, -0.2) is 9.48 Å². The summed E-state index contributed by atoms with van der Waals surface area (Å²) in [6.07, 6.45) is 1.59. The molecule has 2 heterocycles. The van der Waals surface area contributed by atoms with Gasteiger partial charge in [-0.2, -0.15) is 5.10 Å². The number of hydrogen-bond donors (Lipinski definition) is 0. The summed E-state index contributed by atoms with van der Waals surface area (Å²) in [7, 11) is 0. The van der Waals surface area contributed by atoms with Gasteiger partial charge in [-0.3, -0.25) is 9.20 Å². The number of esters is 1. The molecule has 0 bridgehead atoms. The normalized spacial score (nSPS) is 10.8. The van der Waals surface area contributed by atoms with Gasteiger partial charge in [0.1, 0.15) is 6.54 Å². The lowest BCUT2D eigenvalue weighted by molar-refractivity contribution is -0.144. The highest BCUT2D eigenvalue weighted by atomic mass is 16.5. The van der Waals surface area contributed by atoms with Crippen molar-refractivity contribution in [3.05, 3.63) is 34.0 Å². The van der Waals surface area contributed by atoms with Crippen molar-refractivity contribution in [1.29, 1.82) is 0 Å². The Kier molecular flexibility index (Phi) is 3.18. The van der Waals surface area contributed by atoms with Gasteiger partial charge in [0.25, 0.3) is 0 Å². The van der Waals surface area contributed by atoms with Crippen molar-refractivity contribution < 1.29 is 9.53 Å². The maximum absolute atomic E-state index is 12.2. The first-order chi connectivity index (χ1) is 8.54. The third-order valence-corrected chi connectivity index (χ3v) is 2.74. The maximum atomic E-state index is 12.2. The van der Waals surface area contributed by atoms with Crippen molar-refractivity contribution in [3.63, 3.8) is 0 Å². The van der Waals surface area contributed by atoms with Gasteiger partial charge in [0.05, 0.1) is 18.3 Å². The van der Waals surface area contributed by atoms with E-state index in [2.05, 4.69) is 5.10 Å². The van der Waals surface area contributed by atoms with Crippen LogP contribution < -0.4 is 5.69 Å². The Balaban J connectivity index is 2.48. The molecule has 6 heteroatoms. The molecule has 18 heavy (non-hydrogen) atoms. The van der Waals surface area contributed by atoms with Crippen LogP contribution in [0, 0.1) is 13.8 Å². The fourth-order valence-corrected chi connectivity index (χ4v) is 1.96. The summed E-state index contributed by atoms with van der Waals surface area (Å²) in [6, 6.07) is 1.91. The summed E-state index contributed by atoms with van der Waals surface area (Å²) < 4.78 is 7.45. The van der Waals surface area contributed by atoms with Gasteiger partial charge in [-0.1, -0.05) is 0 Å². The average Bonchev–Trinajstić information content (AvgIpc) is 2.59. The molecule has 0 spiro atoms. The molecule has 2 aromatic heterocycles. The number of nitrogens with zero attached hydrogens (tertiary/aromatic N) is 3. The lowest BCUT2D eigenvalue weighted by atomic mass is 10.3. The van der Waals surface area contributed by atoms with E-state index in [1.165, 1.54) is 0 Å². The van der Waals surface area contributed by atoms with E-state index in [0.717, 1.165) is 21.5 Å². The van der Waals surface area contributed by atoms with Gasteiger partial charge in [0.15, 0.2) is 0 Å². The monoisotopic (exact) mass is 249 g/mol. The van der Waals surface area contributed by atoms with Crippen LogP contribution in [0.25, 0.3) is 5.52 Å². The van der Waals surface area contributed by atoms with Crippen LogP contribution >= 0.6 is 0 Å². The van der Waals surface area contributed by atoms with Crippen molar-refractivity contribution in [1.82, 2.24) is 14.2 Å². The van der Waals surface area contributed by atoms with E-state index in [1.54, 1.807) is 17.5 Å². The zero-order chi connectivity index (χ0) is 13.3. The SMILES string of the molecule is CCOC(=O)Cn1ncc2c(C)cc(C)n2c1=O. The molecular weight excluding hydrogens is 234 g/mol. The molecule has 96 valence electrons. The van der Waals surface area contributed by atoms with Crippen LogP contribution in [0.1, 0.15) is 18.2 Å². The second-order valence-corrected chi connectivity index (χ2v) is 4.08. The van der Waals surface area contributed by atoms with Crippen LogP contribution in [0.15, 0.2) is 17.1 Å². The van der Waals surface area contributed by atoms with Crippen LogP contribution in [0.4, 0.5) is 0 Å². The van der Waals surface area contributed by atoms with Gasteiger partial charge in [0, 0.05) is 5.69 Å². The Bertz CT molecular complexity index is 654. The molecule has 0 radical (unpaired) electrons. The quantitative estimate of drug-likeness (QED) is 0.750. The van der Waals surface area contributed by atoms with Crippen LogP contribution in [0.2, 0.25) is 0 Å². The average molecular weight is 249 g/mol. The standard InChI is InChI=1S/C12H15N3O3/c1-4-18-11(16)7-14-12(17)15-9(3)5-8(2)10(15)6-13-14/h5-6H,4,7H2,1-3H3. The van der Waals surface area contributed by atoms with Gasteiger partial charge < -0.3 is 4.74 Å². The summed E-state index contributed by atoms with van der Waals surface area (Å²) in [5.41, 5.74) is 2.25. The van der Waals surface area contributed by atoms with E-state index in [0.29, 0.717) is 0 Å². The molecule has 2 aromatic rings. The summed E-state index contributed by atoms with van der Waals surface area (Å²) in [4.78, 5) is 23.5. The first-order valence-electron chi connectivity index (χ1n) is 5.75. The number of aromatic nitrogens is 3. The minimum absolute atomic E-state index is 0.167. The van der Waals surface area contributed by atoms with E-state index in [9.17, 15) is 9.59 Å². The Morgan fingerprint density at radius 1 is 1.44 bits per heavy atom. The van der Waals surface area contributed by atoms with Crippen molar-refractivity contribution in [2.75, 3.05) is 6.61 Å². The van der Waals surface area contributed by atoms with Crippen molar-refractivity contribution in [2.24, 2.45) is 0 Å². The highest BCUT2D eigenvalue weighted by Gasteiger charge is 2.11. The summed E-state index contributed by atoms with van der Waals surface area (Å²) in [6.45, 7) is 5.60. The smallest absolute Gasteiger partial charge is 0.349 e. The molecule has 0 aliphatic carbocycles. The second-order valence-electron chi connectivity index (χ2n) is 4.08. The molecule has 0 saturated carbocycles. The zero-order valence-corrected chi connectivity index (χ0v) is 10.6. The molecule has 0 aliphatic rings. The van der Waals surface area contributed by atoms with Gasteiger partial charge in [0.2, 0.25) is 0 Å². The molecule has 0 aliphatic heterocycles. The van der Waals surface area contributed by atoms with E-state index >= 15 is 0 Å². The highest BCUT2D eigenvalue weighted by molar-refractivity contribution is 5.69. The minimum Gasteiger partial charge on any atom is -0.465 e. The van der Waals surface area contributed by atoms with E-state index < -0.39 is 5.97 Å². The van der Waals surface area contributed by atoms with Gasteiger partial charge in [-0.15, -0.1) is 0 Å². The van der Waals surface area contributed by atoms with E-state index in [4.69, 9.17) is 4.74 Å². The Morgan fingerprint density at radius 2 is 2.17 bits per heavy atom. The third-order valence-electron chi connectivity index (χ3n) is 2.74. The number of fused-ring (bicyclic) bond motifs is 1. The molecule has 2 rings (SSSR count). The van der Waals surface area contributed by atoms with E-state index in [-0.39, 0.29) is 18.8 Å². The Morgan fingerprint density at radius 3 is 2.83 bits per heavy atom. The molecule has 0 fully saturated rings. The molecular formula is C12H15N3O3. The predicted molar refractivity (Wildman–Crippen MR) is 65.6 cm³/mol. The topological polar surface area (TPSA) is 65.6 Å². The summed E-state index contributed by atoms with van der Waals surface area (Å²) in [5.74, 6) is -0.465. The predicted octanol–water partition coefficient (Wildman–Crippen LogP) is 0.676. The number of ether oxygens (including phenoxy) is 1. The van der Waals surface area contributed by atoms with Gasteiger partial charge in [-0.05, 0) is 32.4 Å². The molecule has 6 nitrogen and oxygen atoms in total. The largest absolute Gasteiger partial charge is 0.465 e. The molecule has 0 saturated heterocycles. The number of carbonyl (C=O) groups is 1. The molecule has 0 amide bonds. The fraction of sp³-hybridized carbons (Fsp3) is 0.417. The first-order valence-corrected chi connectivity index (χ1v) is 5.75. The van der Waals surface area contributed by atoms with Crippen molar-refractivity contribution >= 4 is 11.5 Å². The van der Waals surface area contributed by atoms with Crippen LogP contribution in [-0.2, 0) is 16.1 Å². The van der Waals surface area contributed by atoms with Crippen molar-refractivity contribution in [2.45, 2.75) is 27.3 Å². The van der Waals surface area contributed by atoms with Gasteiger partial charge >= 0.3 is 11.7 Å². The molecule has 0 unspecified atom stereocenters. The third kappa shape index (κ3) is 2.01. The Labute approximate surface area is 104 Å². The van der Waals surface area contributed by atoms with E-state index in [1.807, 2.05) is 19.9 Å². The lowest BCUT2D eigenvalue weighted by Crippen LogP contribution is -2.32. The number of carbonyl (C=O) groups excluding carboxylic acids is 1. The fourth-order valence-electron chi connectivity index (χ4n) is 1.96. The van der Waals surface area contributed by atoms with Crippen LogP contribution in [0.5, 0.6) is 0 Å². The lowest BCUT2D eigenvalue weighted by Gasteiger charge is -2.05. The Hall–Kier alpha value is -2.11. The zero-order valence-electron chi connectivity index (χ0n) is 10.6. The summed E-state index contributed by atoms with van der Waals surface area (Å²) in [5, 5.41) is 3.99. The van der Waals surface area contributed by atoms with Crippen LogP contribution in [0.3, 0.4) is 0 Å². The molecule has 0 N–H and O–H groups in total. The number of aryl methyl sites for hydroxylation is 2. The number of rotatable bonds is 3. The molecule has 0 atom stereocenters. The second kappa shape index (κ2) is 4.64. The van der Waals surface area contributed by atoms with Crippen molar-refractivity contribution in [3.8, 4) is 0 Å². The minimum atomic E-state index is -0.465. The number of hydrogen-bond acceptors (Lipinski definition) is 4. The summed E-state index contributed by atoms with van der Waals surface area (Å²) >= 11 is 0.